The Morgan fingerprint density at radius 3 is 2.52 bits per heavy atom. The molecule has 0 aliphatic heterocycles. The van der Waals surface area contributed by atoms with Crippen molar-refractivity contribution in [2.24, 2.45) is 11.7 Å². The highest BCUT2D eigenvalue weighted by Crippen LogP contribution is 2.21. The van der Waals surface area contributed by atoms with Crippen molar-refractivity contribution in [3.8, 4) is 0 Å². The zero-order valence-electron chi connectivity index (χ0n) is 13.9. The second-order valence-electron chi connectivity index (χ2n) is 6.20. The predicted octanol–water partition coefficient (Wildman–Crippen LogP) is 4.21. The van der Waals surface area contributed by atoms with Gasteiger partial charge in [0, 0.05) is 41.8 Å². The van der Waals surface area contributed by atoms with Crippen molar-refractivity contribution in [3.05, 3.63) is 30.5 Å². The summed E-state index contributed by atoms with van der Waals surface area (Å²) in [6.07, 6.45) is 3.27. The van der Waals surface area contributed by atoms with Crippen molar-refractivity contribution in [3.63, 3.8) is 0 Å². The van der Waals surface area contributed by atoms with E-state index in [0.29, 0.717) is 18.8 Å². The minimum Gasteiger partial charge on any atom is -0.347 e. The van der Waals surface area contributed by atoms with Gasteiger partial charge >= 0.3 is 0 Å². The fraction of sp³-hybridized carbons (Fsp3) is 0.471. The fourth-order valence-corrected chi connectivity index (χ4v) is 2.41. The monoisotopic (exact) mass is 359 g/mol. The summed E-state index contributed by atoms with van der Waals surface area (Å²) in [5.41, 5.74) is 7.72. The average Bonchev–Trinajstić information content (AvgIpc) is 2.78. The van der Waals surface area contributed by atoms with Crippen LogP contribution in [-0.4, -0.2) is 16.5 Å². The minimum absolute atomic E-state index is 0. The molecule has 0 aliphatic carbocycles. The molecule has 130 valence electrons. The summed E-state index contributed by atoms with van der Waals surface area (Å²) in [5, 5.41) is 4.09. The average molecular weight is 360 g/mol. The molecular weight excluding hydrogens is 333 g/mol. The maximum absolute atomic E-state index is 11.8. The third kappa shape index (κ3) is 6.42. The lowest BCUT2D eigenvalue weighted by Gasteiger charge is -2.10. The Labute approximate surface area is 150 Å². The molecule has 0 saturated heterocycles. The number of benzene rings is 1. The number of amides is 1. The van der Waals surface area contributed by atoms with Gasteiger partial charge in [0.1, 0.15) is 0 Å². The Morgan fingerprint density at radius 2 is 1.91 bits per heavy atom. The molecule has 1 unspecified atom stereocenters. The second-order valence-corrected chi connectivity index (χ2v) is 6.20. The number of nitrogens with zero attached hydrogens (tertiary/aromatic N) is 1. The molecule has 1 heterocycles. The molecule has 1 aromatic carbocycles. The molecule has 3 N–H and O–H groups in total. The molecular formula is C17H27Cl2N3O. The maximum atomic E-state index is 11.8. The molecule has 0 radical (unpaired) electrons. The van der Waals surface area contributed by atoms with Gasteiger partial charge in [-0.25, -0.2) is 0 Å². The van der Waals surface area contributed by atoms with Gasteiger partial charge in [0.25, 0.3) is 0 Å². The molecule has 6 heteroatoms. The number of fused-ring (bicyclic) bond motifs is 1. The van der Waals surface area contributed by atoms with Crippen LogP contribution in [0.5, 0.6) is 0 Å². The van der Waals surface area contributed by atoms with E-state index in [1.807, 2.05) is 19.1 Å². The van der Waals surface area contributed by atoms with Gasteiger partial charge < -0.3 is 15.6 Å². The Morgan fingerprint density at radius 1 is 1.22 bits per heavy atom. The topological polar surface area (TPSA) is 60.0 Å². The van der Waals surface area contributed by atoms with Crippen LogP contribution < -0.4 is 11.1 Å². The van der Waals surface area contributed by atoms with Gasteiger partial charge in [0.2, 0.25) is 5.91 Å². The number of carbonyl (C=O) groups is 1. The van der Waals surface area contributed by atoms with Crippen molar-refractivity contribution in [1.29, 1.82) is 0 Å². The van der Waals surface area contributed by atoms with Gasteiger partial charge in [0.15, 0.2) is 0 Å². The summed E-state index contributed by atoms with van der Waals surface area (Å²) in [6.45, 7) is 7.33. The van der Waals surface area contributed by atoms with Crippen LogP contribution in [0, 0.1) is 5.92 Å². The third-order valence-electron chi connectivity index (χ3n) is 3.44. The number of hydrogen-bond acceptors (Lipinski definition) is 2. The number of nitrogens with one attached hydrogen (secondary N) is 1. The number of halogens is 2. The summed E-state index contributed by atoms with van der Waals surface area (Å²) < 4.78 is 2.25. The SMILES string of the molecule is CC(C)Cn1ccc2cc(NC(=O)CCC(C)N)ccc21.Cl.Cl. The van der Waals surface area contributed by atoms with Crippen molar-refractivity contribution in [2.45, 2.75) is 46.2 Å². The normalized spacial score (nSPS) is 11.7. The second kappa shape index (κ2) is 9.81. The van der Waals surface area contributed by atoms with Gasteiger partial charge in [-0.1, -0.05) is 13.8 Å². The third-order valence-corrected chi connectivity index (χ3v) is 3.44. The van der Waals surface area contributed by atoms with Crippen LogP contribution in [-0.2, 0) is 11.3 Å². The first-order chi connectivity index (χ1) is 9.95. The highest BCUT2D eigenvalue weighted by atomic mass is 35.5. The molecule has 0 bridgehead atoms. The zero-order valence-corrected chi connectivity index (χ0v) is 15.5. The van der Waals surface area contributed by atoms with E-state index in [2.05, 4.69) is 42.1 Å². The molecule has 2 rings (SSSR count). The maximum Gasteiger partial charge on any atom is 0.224 e. The van der Waals surface area contributed by atoms with Crippen LogP contribution in [0.1, 0.15) is 33.6 Å². The van der Waals surface area contributed by atoms with Crippen molar-refractivity contribution >= 4 is 47.3 Å². The van der Waals surface area contributed by atoms with Crippen molar-refractivity contribution in [2.75, 3.05) is 5.32 Å². The van der Waals surface area contributed by atoms with E-state index in [9.17, 15) is 4.79 Å². The standard InChI is InChI=1S/C17H25N3O.2ClH/c1-12(2)11-20-9-8-14-10-15(5-6-16(14)20)19-17(21)7-4-13(3)18;;/h5-6,8-10,12-13H,4,7,11,18H2,1-3H3,(H,19,21);2*1H. The molecule has 0 fully saturated rings. The molecule has 1 atom stereocenters. The number of nitrogens with two attached hydrogens (primary N) is 1. The Bertz CT molecular complexity index is 623. The van der Waals surface area contributed by atoms with Crippen molar-refractivity contribution in [1.82, 2.24) is 4.57 Å². The van der Waals surface area contributed by atoms with Gasteiger partial charge in [-0.15, -0.1) is 24.8 Å². The van der Waals surface area contributed by atoms with Crippen molar-refractivity contribution < 1.29 is 4.79 Å². The lowest BCUT2D eigenvalue weighted by molar-refractivity contribution is -0.116. The van der Waals surface area contributed by atoms with E-state index in [1.165, 1.54) is 5.52 Å². The molecule has 0 spiro atoms. The lowest BCUT2D eigenvalue weighted by atomic mass is 10.2. The van der Waals surface area contributed by atoms with E-state index in [4.69, 9.17) is 5.73 Å². The first-order valence-corrected chi connectivity index (χ1v) is 7.60. The van der Waals surface area contributed by atoms with Crippen LogP contribution >= 0.6 is 24.8 Å². The van der Waals surface area contributed by atoms with Crippen LogP contribution in [0.25, 0.3) is 10.9 Å². The van der Waals surface area contributed by atoms with Gasteiger partial charge in [-0.2, -0.15) is 0 Å². The number of carbonyl (C=O) groups excluding carboxylic acids is 1. The van der Waals surface area contributed by atoms with E-state index in [0.717, 1.165) is 17.6 Å². The van der Waals surface area contributed by atoms with Gasteiger partial charge in [0.05, 0.1) is 0 Å². The lowest BCUT2D eigenvalue weighted by Crippen LogP contribution is -2.19. The fourth-order valence-electron chi connectivity index (χ4n) is 2.41. The minimum atomic E-state index is 0. The van der Waals surface area contributed by atoms with E-state index in [-0.39, 0.29) is 36.8 Å². The summed E-state index contributed by atoms with van der Waals surface area (Å²) in [4.78, 5) is 11.8. The predicted molar refractivity (Wildman–Crippen MR) is 103 cm³/mol. The largest absolute Gasteiger partial charge is 0.347 e. The molecule has 1 amide bonds. The molecule has 23 heavy (non-hydrogen) atoms. The Kier molecular flexibility index (Phi) is 9.28. The summed E-state index contributed by atoms with van der Waals surface area (Å²) in [5.74, 6) is 0.631. The van der Waals surface area contributed by atoms with Gasteiger partial charge in [-0.3, -0.25) is 4.79 Å². The molecule has 4 nitrogen and oxygen atoms in total. The number of anilines is 1. The molecule has 0 aliphatic rings. The summed E-state index contributed by atoms with van der Waals surface area (Å²) in [7, 11) is 0. The highest BCUT2D eigenvalue weighted by molar-refractivity contribution is 5.93. The van der Waals surface area contributed by atoms with Crippen LogP contribution in [0.2, 0.25) is 0 Å². The smallest absolute Gasteiger partial charge is 0.224 e. The molecule has 2 aromatic rings. The van der Waals surface area contributed by atoms with E-state index in [1.54, 1.807) is 0 Å². The Balaban J connectivity index is 0.00000242. The number of hydrogen-bond donors (Lipinski definition) is 2. The number of rotatable bonds is 6. The van der Waals surface area contributed by atoms with E-state index >= 15 is 0 Å². The van der Waals surface area contributed by atoms with Crippen LogP contribution in [0.3, 0.4) is 0 Å². The zero-order chi connectivity index (χ0) is 15.4. The van der Waals surface area contributed by atoms with Gasteiger partial charge in [-0.05, 0) is 43.5 Å². The van der Waals surface area contributed by atoms with Crippen LogP contribution in [0.15, 0.2) is 30.5 Å². The summed E-state index contributed by atoms with van der Waals surface area (Å²) in [6, 6.07) is 8.20. The first kappa shape index (κ1) is 21.8. The Hall–Kier alpha value is -1.23. The molecule has 0 saturated carbocycles. The quantitative estimate of drug-likeness (QED) is 0.811. The first-order valence-electron chi connectivity index (χ1n) is 7.60. The van der Waals surface area contributed by atoms with Crippen LogP contribution in [0.4, 0.5) is 5.69 Å². The molecule has 1 aromatic heterocycles. The highest BCUT2D eigenvalue weighted by Gasteiger charge is 2.07. The number of aromatic nitrogens is 1. The summed E-state index contributed by atoms with van der Waals surface area (Å²) >= 11 is 0. The van der Waals surface area contributed by atoms with E-state index < -0.39 is 0 Å².